The summed E-state index contributed by atoms with van der Waals surface area (Å²) in [5, 5.41) is 12.7. The van der Waals surface area contributed by atoms with E-state index in [4.69, 9.17) is 0 Å². The molecule has 2 rings (SSSR count). The van der Waals surface area contributed by atoms with E-state index >= 15 is 0 Å². The van der Waals surface area contributed by atoms with Crippen LogP contribution in [0.3, 0.4) is 0 Å². The van der Waals surface area contributed by atoms with Crippen molar-refractivity contribution in [2.24, 2.45) is 0 Å². The number of carbonyl (C=O) groups is 1. The summed E-state index contributed by atoms with van der Waals surface area (Å²) in [5.41, 5.74) is 0.972. The fraction of sp³-hybridized carbons (Fsp3) is 0.533. The van der Waals surface area contributed by atoms with E-state index in [9.17, 15) is 18.3 Å². The molecule has 23 heavy (non-hydrogen) atoms. The van der Waals surface area contributed by atoms with Crippen LogP contribution in [-0.2, 0) is 21.4 Å². The lowest BCUT2D eigenvalue weighted by atomic mass is 10.1. The van der Waals surface area contributed by atoms with E-state index in [2.05, 4.69) is 5.32 Å². The monoisotopic (exact) mass is 341 g/mol. The van der Waals surface area contributed by atoms with Crippen LogP contribution in [-0.4, -0.2) is 67.4 Å². The summed E-state index contributed by atoms with van der Waals surface area (Å²) < 4.78 is 26.1. The third-order valence-corrected chi connectivity index (χ3v) is 5.61. The highest BCUT2D eigenvalue weighted by molar-refractivity contribution is 7.86. The lowest BCUT2D eigenvalue weighted by Gasteiger charge is -2.39. The molecule has 1 amide bonds. The van der Waals surface area contributed by atoms with Gasteiger partial charge in [0.2, 0.25) is 5.91 Å². The minimum absolute atomic E-state index is 0.00578. The quantitative estimate of drug-likeness (QED) is 0.705. The second-order valence-corrected chi connectivity index (χ2v) is 8.06. The topological polar surface area (TPSA) is 90.0 Å². The van der Waals surface area contributed by atoms with Crippen molar-refractivity contribution in [2.75, 3.05) is 27.2 Å². The van der Waals surface area contributed by atoms with Gasteiger partial charge in [0.1, 0.15) is 0 Å². The van der Waals surface area contributed by atoms with Gasteiger partial charge in [-0.05, 0) is 12.0 Å². The van der Waals surface area contributed by atoms with E-state index in [1.807, 2.05) is 30.3 Å². The third-order valence-electron chi connectivity index (χ3n) is 3.74. The molecule has 1 aliphatic rings. The molecule has 8 heteroatoms. The summed E-state index contributed by atoms with van der Waals surface area (Å²) >= 11 is 0. The highest BCUT2D eigenvalue weighted by atomic mass is 32.2. The van der Waals surface area contributed by atoms with Crippen LogP contribution < -0.4 is 5.32 Å². The zero-order chi connectivity index (χ0) is 17.0. The van der Waals surface area contributed by atoms with Crippen molar-refractivity contribution < 1.29 is 18.3 Å². The fourth-order valence-corrected chi connectivity index (χ4v) is 3.61. The maximum atomic E-state index is 11.9. The van der Waals surface area contributed by atoms with E-state index < -0.39 is 16.3 Å². The molecule has 7 nitrogen and oxygen atoms in total. The maximum absolute atomic E-state index is 11.9. The molecule has 1 saturated heterocycles. The highest BCUT2D eigenvalue weighted by Gasteiger charge is 2.37. The Kier molecular flexibility index (Phi) is 5.74. The van der Waals surface area contributed by atoms with Gasteiger partial charge in [0.25, 0.3) is 10.2 Å². The first-order chi connectivity index (χ1) is 10.8. The number of benzene rings is 1. The Hall–Kier alpha value is -1.48. The van der Waals surface area contributed by atoms with Crippen LogP contribution in [0.2, 0.25) is 0 Å². The van der Waals surface area contributed by atoms with Gasteiger partial charge >= 0.3 is 0 Å². The lowest BCUT2D eigenvalue weighted by Crippen LogP contribution is -2.62. The van der Waals surface area contributed by atoms with Gasteiger partial charge in [-0.25, -0.2) is 0 Å². The van der Waals surface area contributed by atoms with E-state index in [0.29, 0.717) is 6.42 Å². The van der Waals surface area contributed by atoms with Gasteiger partial charge in [-0.2, -0.15) is 17.0 Å². The molecule has 1 heterocycles. The van der Waals surface area contributed by atoms with Crippen molar-refractivity contribution in [2.45, 2.75) is 25.0 Å². The number of rotatable bonds is 7. The number of nitrogens with one attached hydrogen (secondary N) is 1. The molecule has 0 radical (unpaired) electrons. The molecule has 1 fully saturated rings. The number of amides is 1. The smallest absolute Gasteiger partial charge is 0.281 e. The SMILES string of the molecule is CN(C)S(=O)(=O)N1CC(NC(=O)CC(O)Cc2ccccc2)C1. The van der Waals surface area contributed by atoms with Crippen LogP contribution in [0, 0.1) is 0 Å². The van der Waals surface area contributed by atoms with Crippen LogP contribution in [0.5, 0.6) is 0 Å². The molecular weight excluding hydrogens is 318 g/mol. The van der Waals surface area contributed by atoms with Crippen molar-refractivity contribution >= 4 is 16.1 Å². The largest absolute Gasteiger partial charge is 0.392 e. The predicted octanol–water partition coefficient (Wildman–Crippen LogP) is -0.413. The zero-order valence-electron chi connectivity index (χ0n) is 13.3. The summed E-state index contributed by atoms with van der Waals surface area (Å²) in [6, 6.07) is 9.27. The summed E-state index contributed by atoms with van der Waals surface area (Å²) in [4.78, 5) is 11.9. The number of hydrogen-bond donors (Lipinski definition) is 2. The van der Waals surface area contributed by atoms with Gasteiger partial charge < -0.3 is 10.4 Å². The van der Waals surface area contributed by atoms with Gasteiger partial charge in [0, 0.05) is 27.2 Å². The van der Waals surface area contributed by atoms with Crippen molar-refractivity contribution in [1.82, 2.24) is 13.9 Å². The first-order valence-corrected chi connectivity index (χ1v) is 8.87. The molecule has 0 aromatic heterocycles. The van der Waals surface area contributed by atoms with Gasteiger partial charge in [-0.1, -0.05) is 30.3 Å². The molecule has 0 saturated carbocycles. The fourth-order valence-electron chi connectivity index (χ4n) is 2.41. The standard InChI is InChI=1S/C15H23N3O4S/c1-17(2)23(21,22)18-10-13(11-18)16-15(20)9-14(19)8-12-6-4-3-5-7-12/h3-7,13-14,19H,8-11H2,1-2H3,(H,16,20). The first-order valence-electron chi connectivity index (χ1n) is 7.48. The lowest BCUT2D eigenvalue weighted by molar-refractivity contribution is -0.124. The Morgan fingerprint density at radius 3 is 2.52 bits per heavy atom. The van der Waals surface area contributed by atoms with E-state index in [0.717, 1.165) is 9.87 Å². The summed E-state index contributed by atoms with van der Waals surface area (Å²) in [7, 11) is -0.460. The Labute approximate surface area is 137 Å². The molecule has 128 valence electrons. The van der Waals surface area contributed by atoms with Gasteiger partial charge in [-0.15, -0.1) is 0 Å². The van der Waals surface area contributed by atoms with Crippen LogP contribution in [0.4, 0.5) is 0 Å². The zero-order valence-corrected chi connectivity index (χ0v) is 14.2. The average molecular weight is 341 g/mol. The molecule has 1 aliphatic heterocycles. The second-order valence-electron chi connectivity index (χ2n) is 5.92. The van der Waals surface area contributed by atoms with Crippen LogP contribution in [0.25, 0.3) is 0 Å². The highest BCUT2D eigenvalue weighted by Crippen LogP contribution is 2.15. The van der Waals surface area contributed by atoms with Crippen molar-refractivity contribution in [1.29, 1.82) is 0 Å². The second kappa shape index (κ2) is 7.39. The van der Waals surface area contributed by atoms with Crippen LogP contribution in [0.1, 0.15) is 12.0 Å². The molecule has 0 bridgehead atoms. The summed E-state index contributed by atoms with van der Waals surface area (Å²) in [6.45, 7) is 0.530. The van der Waals surface area contributed by atoms with Crippen molar-refractivity contribution in [3.05, 3.63) is 35.9 Å². The normalized spacial score (nSPS) is 17.7. The predicted molar refractivity (Wildman–Crippen MR) is 86.9 cm³/mol. The van der Waals surface area contributed by atoms with Gasteiger partial charge in [-0.3, -0.25) is 4.79 Å². The number of nitrogens with zero attached hydrogens (tertiary/aromatic N) is 2. The summed E-state index contributed by atoms with van der Waals surface area (Å²) in [6.07, 6.45) is -0.328. The molecule has 2 N–H and O–H groups in total. The van der Waals surface area contributed by atoms with Gasteiger partial charge in [0.05, 0.1) is 18.6 Å². The van der Waals surface area contributed by atoms with Crippen molar-refractivity contribution in [3.63, 3.8) is 0 Å². The van der Waals surface area contributed by atoms with E-state index in [-0.39, 0.29) is 31.5 Å². The van der Waals surface area contributed by atoms with Crippen LogP contribution in [0.15, 0.2) is 30.3 Å². The number of hydrogen-bond acceptors (Lipinski definition) is 4. The maximum Gasteiger partial charge on any atom is 0.281 e. The van der Waals surface area contributed by atoms with Gasteiger partial charge in [0.15, 0.2) is 0 Å². The average Bonchev–Trinajstić information content (AvgIpc) is 2.42. The summed E-state index contributed by atoms with van der Waals surface area (Å²) in [5.74, 6) is -0.264. The molecule has 1 atom stereocenters. The Morgan fingerprint density at radius 2 is 1.96 bits per heavy atom. The molecule has 0 spiro atoms. The number of aliphatic hydroxyl groups is 1. The van der Waals surface area contributed by atoms with E-state index in [1.54, 1.807) is 0 Å². The Balaban J connectivity index is 1.72. The van der Waals surface area contributed by atoms with Crippen molar-refractivity contribution in [3.8, 4) is 0 Å². The minimum atomic E-state index is -3.41. The van der Waals surface area contributed by atoms with E-state index in [1.165, 1.54) is 18.4 Å². The number of aliphatic hydroxyl groups excluding tert-OH is 1. The molecule has 1 aromatic carbocycles. The Bertz CT molecular complexity index is 627. The molecular formula is C15H23N3O4S. The minimum Gasteiger partial charge on any atom is -0.392 e. The molecule has 1 unspecified atom stereocenters. The Morgan fingerprint density at radius 1 is 1.35 bits per heavy atom. The first kappa shape index (κ1) is 17.9. The van der Waals surface area contributed by atoms with Crippen LogP contribution >= 0.6 is 0 Å². The third kappa shape index (κ3) is 4.74. The molecule has 1 aromatic rings. The molecule has 0 aliphatic carbocycles. The number of carbonyl (C=O) groups excluding carboxylic acids is 1.